The Morgan fingerprint density at radius 1 is 0.867 bits per heavy atom. The fourth-order valence-corrected chi connectivity index (χ4v) is 4.60. The van der Waals surface area contributed by atoms with Gasteiger partial charge in [0.15, 0.2) is 0 Å². The highest BCUT2D eigenvalue weighted by Crippen LogP contribution is 2.23. The zero-order valence-electron chi connectivity index (χ0n) is 10.8. The lowest BCUT2D eigenvalue weighted by Gasteiger charge is -2.30. The minimum absolute atomic E-state index is 0.598. The average Bonchev–Trinajstić information content (AvgIpc) is 2.18. The van der Waals surface area contributed by atoms with Crippen LogP contribution in [-0.4, -0.2) is 28.6 Å². The van der Waals surface area contributed by atoms with Gasteiger partial charge in [0.05, 0.1) is 0 Å². The van der Waals surface area contributed by atoms with Crippen LogP contribution >= 0.6 is 0 Å². The third-order valence-corrected chi connectivity index (χ3v) is 5.77. The Morgan fingerprint density at radius 2 is 1.27 bits per heavy atom. The Labute approximate surface area is 95.5 Å². The van der Waals surface area contributed by atoms with Crippen LogP contribution in [0.5, 0.6) is 0 Å². The topological polar surface area (TPSA) is 27.7 Å². The first-order valence-electron chi connectivity index (χ1n) is 6.05. The molecule has 0 aromatic carbocycles. The van der Waals surface area contributed by atoms with Gasteiger partial charge >= 0.3 is 8.80 Å². The SMILES string of the molecule is CCO[Si](C[C@@H](C)CC)(OCC)OCC. The molecule has 0 aliphatic heterocycles. The number of hydrogen-bond donors (Lipinski definition) is 0. The van der Waals surface area contributed by atoms with E-state index in [4.69, 9.17) is 13.3 Å². The predicted octanol–water partition coefficient (Wildman–Crippen LogP) is 3.08. The normalized spacial score (nSPS) is 14.2. The monoisotopic (exact) mass is 234 g/mol. The van der Waals surface area contributed by atoms with Gasteiger partial charge in [0.25, 0.3) is 0 Å². The zero-order valence-corrected chi connectivity index (χ0v) is 11.8. The molecule has 0 aliphatic rings. The van der Waals surface area contributed by atoms with E-state index in [0.29, 0.717) is 25.7 Å². The van der Waals surface area contributed by atoms with Crippen LogP contribution in [0.4, 0.5) is 0 Å². The summed E-state index contributed by atoms with van der Waals surface area (Å²) in [7, 11) is -2.38. The van der Waals surface area contributed by atoms with E-state index in [0.717, 1.165) is 12.5 Å². The number of hydrogen-bond acceptors (Lipinski definition) is 3. The van der Waals surface area contributed by atoms with E-state index in [2.05, 4.69) is 13.8 Å². The van der Waals surface area contributed by atoms with Gasteiger partial charge in [0.2, 0.25) is 0 Å². The molecule has 0 N–H and O–H groups in total. The summed E-state index contributed by atoms with van der Waals surface area (Å²) in [4.78, 5) is 0. The molecule has 0 aromatic rings. The molecule has 0 bridgehead atoms. The predicted molar refractivity (Wildman–Crippen MR) is 64.9 cm³/mol. The van der Waals surface area contributed by atoms with Crippen LogP contribution in [0, 0.1) is 5.92 Å². The molecule has 0 amide bonds. The van der Waals surface area contributed by atoms with Crippen LogP contribution in [0.15, 0.2) is 0 Å². The van der Waals surface area contributed by atoms with Crippen molar-refractivity contribution < 1.29 is 13.3 Å². The molecule has 0 heterocycles. The molecule has 0 aromatic heterocycles. The first-order chi connectivity index (χ1) is 7.14. The highest BCUT2D eigenvalue weighted by Gasteiger charge is 2.41. The van der Waals surface area contributed by atoms with Gasteiger partial charge in [-0.05, 0) is 26.7 Å². The van der Waals surface area contributed by atoms with Crippen molar-refractivity contribution in [2.75, 3.05) is 19.8 Å². The van der Waals surface area contributed by atoms with Gasteiger partial charge in [-0.1, -0.05) is 20.3 Å². The summed E-state index contributed by atoms with van der Waals surface area (Å²) in [5.74, 6) is 0.598. The maximum Gasteiger partial charge on any atom is 0.501 e. The summed E-state index contributed by atoms with van der Waals surface area (Å²) in [5.41, 5.74) is 0. The molecular weight excluding hydrogens is 208 g/mol. The second-order valence-corrected chi connectivity index (χ2v) is 6.34. The van der Waals surface area contributed by atoms with Crippen LogP contribution in [-0.2, 0) is 13.3 Å². The van der Waals surface area contributed by atoms with Crippen LogP contribution in [0.3, 0.4) is 0 Å². The van der Waals surface area contributed by atoms with Gasteiger partial charge < -0.3 is 13.3 Å². The molecule has 4 heteroatoms. The molecule has 0 spiro atoms. The molecule has 0 saturated heterocycles. The molecule has 0 aliphatic carbocycles. The number of rotatable bonds is 9. The van der Waals surface area contributed by atoms with E-state index in [1.54, 1.807) is 0 Å². The largest absolute Gasteiger partial charge is 0.501 e. The minimum atomic E-state index is -2.38. The van der Waals surface area contributed by atoms with Crippen molar-refractivity contribution in [2.24, 2.45) is 5.92 Å². The van der Waals surface area contributed by atoms with E-state index in [1.165, 1.54) is 0 Å². The Bertz CT molecular complexity index is 136. The van der Waals surface area contributed by atoms with E-state index in [9.17, 15) is 0 Å². The van der Waals surface area contributed by atoms with Gasteiger partial charge in [0.1, 0.15) is 0 Å². The summed E-state index contributed by atoms with van der Waals surface area (Å²) >= 11 is 0. The summed E-state index contributed by atoms with van der Waals surface area (Å²) < 4.78 is 17.3. The maximum atomic E-state index is 5.78. The molecular formula is C11H26O3Si. The van der Waals surface area contributed by atoms with Crippen molar-refractivity contribution in [3.63, 3.8) is 0 Å². The Kier molecular flexibility index (Phi) is 8.33. The summed E-state index contributed by atoms with van der Waals surface area (Å²) in [5, 5.41) is 0. The van der Waals surface area contributed by atoms with Gasteiger partial charge in [0, 0.05) is 25.9 Å². The maximum absolute atomic E-state index is 5.78. The van der Waals surface area contributed by atoms with E-state index in [1.807, 2.05) is 20.8 Å². The molecule has 0 saturated carbocycles. The molecule has 0 unspecified atom stereocenters. The van der Waals surface area contributed by atoms with Gasteiger partial charge in [-0.15, -0.1) is 0 Å². The Balaban J connectivity index is 4.44. The van der Waals surface area contributed by atoms with Crippen molar-refractivity contribution in [1.29, 1.82) is 0 Å². The zero-order chi connectivity index (χ0) is 11.7. The standard InChI is InChI=1S/C11H26O3Si/c1-6-11(5)10-15(12-7-2,13-8-3)14-9-4/h11H,6-10H2,1-5H3/t11-/m0/s1. The van der Waals surface area contributed by atoms with Crippen molar-refractivity contribution in [2.45, 2.75) is 47.1 Å². The third-order valence-electron chi connectivity index (χ3n) is 2.39. The van der Waals surface area contributed by atoms with Crippen molar-refractivity contribution in [3.05, 3.63) is 0 Å². The highest BCUT2D eigenvalue weighted by atomic mass is 28.4. The van der Waals surface area contributed by atoms with Crippen molar-refractivity contribution in [3.8, 4) is 0 Å². The van der Waals surface area contributed by atoms with Crippen LogP contribution in [0.2, 0.25) is 6.04 Å². The summed E-state index contributed by atoms with van der Waals surface area (Å²) in [6.07, 6.45) is 1.14. The lowest BCUT2D eigenvalue weighted by Crippen LogP contribution is -2.47. The molecule has 0 fully saturated rings. The van der Waals surface area contributed by atoms with Gasteiger partial charge in [-0.3, -0.25) is 0 Å². The van der Waals surface area contributed by atoms with Gasteiger partial charge in [-0.25, -0.2) is 0 Å². The molecule has 0 rings (SSSR count). The van der Waals surface area contributed by atoms with Crippen molar-refractivity contribution >= 4 is 8.80 Å². The van der Waals surface area contributed by atoms with Crippen LogP contribution in [0.25, 0.3) is 0 Å². The second-order valence-electron chi connectivity index (χ2n) is 3.70. The Hall–Kier alpha value is 0.0969. The highest BCUT2D eigenvalue weighted by molar-refractivity contribution is 6.60. The first kappa shape index (κ1) is 15.1. The van der Waals surface area contributed by atoms with E-state index >= 15 is 0 Å². The van der Waals surface area contributed by atoms with Crippen LogP contribution in [0.1, 0.15) is 41.0 Å². The lowest BCUT2D eigenvalue weighted by molar-refractivity contribution is 0.0675. The van der Waals surface area contributed by atoms with E-state index in [-0.39, 0.29) is 0 Å². The molecule has 3 nitrogen and oxygen atoms in total. The molecule has 15 heavy (non-hydrogen) atoms. The van der Waals surface area contributed by atoms with Gasteiger partial charge in [-0.2, -0.15) is 0 Å². The minimum Gasteiger partial charge on any atom is -0.374 e. The summed E-state index contributed by atoms with van der Waals surface area (Å²) in [6.45, 7) is 12.4. The van der Waals surface area contributed by atoms with Crippen LogP contribution < -0.4 is 0 Å². The van der Waals surface area contributed by atoms with Crippen molar-refractivity contribution in [1.82, 2.24) is 0 Å². The fourth-order valence-electron chi connectivity index (χ4n) is 1.53. The lowest BCUT2D eigenvalue weighted by atomic mass is 10.2. The van der Waals surface area contributed by atoms with E-state index < -0.39 is 8.80 Å². The average molecular weight is 234 g/mol. The Morgan fingerprint density at radius 3 is 1.53 bits per heavy atom. The molecule has 0 radical (unpaired) electrons. The quantitative estimate of drug-likeness (QED) is 0.574. The smallest absolute Gasteiger partial charge is 0.374 e. The molecule has 92 valence electrons. The third kappa shape index (κ3) is 5.66. The molecule has 1 atom stereocenters. The summed E-state index contributed by atoms with van der Waals surface area (Å²) in [6, 6.07) is 0.930. The first-order valence-corrected chi connectivity index (χ1v) is 7.99. The second kappa shape index (κ2) is 8.27. The fraction of sp³-hybridized carbons (Fsp3) is 1.00.